The van der Waals surface area contributed by atoms with Crippen LogP contribution in [0, 0.1) is 11.3 Å². The monoisotopic (exact) mass is 406 g/mol. The zero-order chi connectivity index (χ0) is 20.4. The van der Waals surface area contributed by atoms with Gasteiger partial charge in [0.2, 0.25) is 5.91 Å². The summed E-state index contributed by atoms with van der Waals surface area (Å²) in [5.74, 6) is 0.456. The summed E-state index contributed by atoms with van der Waals surface area (Å²) in [6, 6.07) is 19.4. The molecule has 0 N–H and O–H groups in total. The van der Waals surface area contributed by atoms with Crippen LogP contribution in [0.15, 0.2) is 54.6 Å². The fourth-order valence-electron chi connectivity index (χ4n) is 3.83. The van der Waals surface area contributed by atoms with Crippen LogP contribution < -0.4 is 9.64 Å². The second-order valence-electron chi connectivity index (χ2n) is 6.89. The Bertz CT molecular complexity index is 1120. The number of amides is 1. The fraction of sp³-hybridized carbons (Fsp3) is 0.217. The normalized spacial score (nSPS) is 15.2. The highest BCUT2D eigenvalue weighted by molar-refractivity contribution is 6.29. The number of hydrogen-bond acceptors (Lipinski definition) is 4. The number of carbonyl (C=O) groups is 1. The van der Waals surface area contributed by atoms with Gasteiger partial charge in [-0.1, -0.05) is 18.2 Å². The highest BCUT2D eigenvalue weighted by Crippen LogP contribution is 2.42. The minimum atomic E-state index is -0.163. The maximum Gasteiger partial charge on any atom is 0.242 e. The summed E-state index contributed by atoms with van der Waals surface area (Å²) in [5.41, 5.74) is 3.48. The van der Waals surface area contributed by atoms with Crippen molar-refractivity contribution >= 4 is 34.0 Å². The molecule has 6 heteroatoms. The van der Waals surface area contributed by atoms with Crippen LogP contribution in [0.2, 0.25) is 0 Å². The molecule has 0 aliphatic carbocycles. The third-order valence-corrected chi connectivity index (χ3v) is 5.37. The second-order valence-corrected chi connectivity index (χ2v) is 7.16. The van der Waals surface area contributed by atoms with Crippen LogP contribution in [-0.2, 0) is 16.0 Å². The van der Waals surface area contributed by atoms with Crippen molar-refractivity contribution in [3.05, 3.63) is 71.3 Å². The molecule has 1 aliphatic heterocycles. The van der Waals surface area contributed by atoms with Crippen LogP contribution in [0.25, 0.3) is 10.8 Å². The molecule has 0 bridgehead atoms. The zero-order valence-electron chi connectivity index (χ0n) is 15.9. The van der Waals surface area contributed by atoms with E-state index in [4.69, 9.17) is 21.1 Å². The lowest BCUT2D eigenvalue weighted by molar-refractivity contribution is -0.116. The number of alkyl halides is 1. The van der Waals surface area contributed by atoms with Crippen molar-refractivity contribution in [2.75, 3.05) is 24.7 Å². The molecule has 0 radical (unpaired) electrons. The van der Waals surface area contributed by atoms with Crippen LogP contribution >= 0.6 is 11.6 Å². The van der Waals surface area contributed by atoms with Crippen molar-refractivity contribution < 1.29 is 14.3 Å². The Morgan fingerprint density at radius 1 is 1.17 bits per heavy atom. The predicted octanol–water partition coefficient (Wildman–Crippen LogP) is 4.56. The third kappa shape index (κ3) is 3.65. The highest BCUT2D eigenvalue weighted by atomic mass is 35.5. The van der Waals surface area contributed by atoms with E-state index in [9.17, 15) is 10.1 Å². The number of anilines is 1. The maximum atomic E-state index is 12.7. The Balaban J connectivity index is 1.74. The molecule has 0 saturated heterocycles. The minimum Gasteiger partial charge on any atom is -0.468 e. The molecule has 0 spiro atoms. The molecule has 0 aromatic heterocycles. The third-order valence-electron chi connectivity index (χ3n) is 5.14. The number of hydrogen-bond donors (Lipinski definition) is 0. The number of nitrogens with zero attached hydrogens (tertiary/aromatic N) is 2. The number of methoxy groups -OCH3 is 1. The zero-order valence-corrected chi connectivity index (χ0v) is 16.6. The van der Waals surface area contributed by atoms with Crippen LogP contribution in [-0.4, -0.2) is 25.7 Å². The first-order valence-electron chi connectivity index (χ1n) is 9.21. The Morgan fingerprint density at radius 2 is 2.00 bits per heavy atom. The van der Waals surface area contributed by atoms with Crippen LogP contribution in [0.5, 0.6) is 5.75 Å². The standard InChI is InChI=1S/C23H19ClN2O3/c1-28-14-29-20-6-7-21-19(10-20)11-22(26(21)23(27)12-24)17-5-4-16-3-2-15(13-25)8-18(16)9-17/h2-10,22H,11-12,14H2,1H3/t22-/m1/s1. The van der Waals surface area contributed by atoms with E-state index in [0.29, 0.717) is 17.7 Å². The summed E-state index contributed by atoms with van der Waals surface area (Å²) in [4.78, 5) is 14.4. The summed E-state index contributed by atoms with van der Waals surface area (Å²) < 4.78 is 10.5. The van der Waals surface area contributed by atoms with Gasteiger partial charge in [-0.3, -0.25) is 4.79 Å². The summed E-state index contributed by atoms with van der Waals surface area (Å²) >= 11 is 5.92. The molecule has 1 aliphatic rings. The van der Waals surface area contributed by atoms with Gasteiger partial charge in [-0.05, 0) is 64.7 Å². The SMILES string of the molecule is COCOc1ccc2c(c1)C[C@H](c1ccc3ccc(C#N)cc3c1)N2C(=O)CCl. The van der Waals surface area contributed by atoms with Gasteiger partial charge in [-0.15, -0.1) is 11.6 Å². The van der Waals surface area contributed by atoms with E-state index in [0.717, 1.165) is 27.6 Å². The van der Waals surface area contributed by atoms with Gasteiger partial charge in [0.05, 0.1) is 17.7 Å². The topological polar surface area (TPSA) is 62.6 Å². The molecule has 0 saturated carbocycles. The van der Waals surface area contributed by atoms with Crippen LogP contribution in [0.4, 0.5) is 5.69 Å². The predicted molar refractivity (Wildman–Crippen MR) is 112 cm³/mol. The molecular formula is C23H19ClN2O3. The first-order chi connectivity index (χ1) is 14.1. The molecule has 1 heterocycles. The van der Waals surface area contributed by atoms with Crippen molar-refractivity contribution in [1.82, 2.24) is 0 Å². The number of fused-ring (bicyclic) bond motifs is 2. The number of halogens is 1. The van der Waals surface area contributed by atoms with Crippen molar-refractivity contribution in [2.24, 2.45) is 0 Å². The lowest BCUT2D eigenvalue weighted by atomic mass is 9.98. The number of carbonyl (C=O) groups excluding carboxylic acids is 1. The summed E-state index contributed by atoms with van der Waals surface area (Å²) in [6.07, 6.45) is 0.658. The van der Waals surface area contributed by atoms with Gasteiger partial charge >= 0.3 is 0 Å². The van der Waals surface area contributed by atoms with Gasteiger partial charge in [0, 0.05) is 12.8 Å². The van der Waals surface area contributed by atoms with Gasteiger partial charge in [0.25, 0.3) is 0 Å². The molecule has 0 unspecified atom stereocenters. The van der Waals surface area contributed by atoms with Crippen LogP contribution in [0.3, 0.4) is 0 Å². The van der Waals surface area contributed by atoms with E-state index in [1.165, 1.54) is 0 Å². The lowest BCUT2D eigenvalue weighted by Crippen LogP contribution is -2.33. The van der Waals surface area contributed by atoms with Crippen molar-refractivity contribution in [2.45, 2.75) is 12.5 Å². The van der Waals surface area contributed by atoms with E-state index < -0.39 is 0 Å². The van der Waals surface area contributed by atoms with Crippen LogP contribution in [0.1, 0.15) is 22.7 Å². The number of rotatable bonds is 5. The van der Waals surface area contributed by atoms with Gasteiger partial charge in [-0.2, -0.15) is 5.26 Å². The lowest BCUT2D eigenvalue weighted by Gasteiger charge is -2.25. The molecule has 1 amide bonds. The maximum absolute atomic E-state index is 12.7. The Morgan fingerprint density at radius 3 is 2.76 bits per heavy atom. The summed E-state index contributed by atoms with van der Waals surface area (Å²) in [5, 5.41) is 11.2. The quantitative estimate of drug-likeness (QED) is 0.460. The first-order valence-corrected chi connectivity index (χ1v) is 9.74. The molecule has 29 heavy (non-hydrogen) atoms. The minimum absolute atomic E-state index is 0.0932. The van der Waals surface area contributed by atoms with Crippen molar-refractivity contribution in [1.29, 1.82) is 5.26 Å². The van der Waals surface area contributed by atoms with E-state index in [2.05, 4.69) is 6.07 Å². The fourth-order valence-corrected chi connectivity index (χ4v) is 3.95. The Labute approximate surface area is 174 Å². The number of ether oxygens (including phenoxy) is 2. The molecule has 1 atom stereocenters. The van der Waals surface area contributed by atoms with E-state index >= 15 is 0 Å². The molecular weight excluding hydrogens is 388 g/mol. The Hall–Kier alpha value is -3.07. The first kappa shape index (κ1) is 19.3. The largest absolute Gasteiger partial charge is 0.468 e. The average Bonchev–Trinajstić information content (AvgIpc) is 3.15. The van der Waals surface area contributed by atoms with E-state index in [1.807, 2.05) is 48.5 Å². The summed E-state index contributed by atoms with van der Waals surface area (Å²) in [7, 11) is 1.57. The van der Waals surface area contributed by atoms with Gasteiger partial charge in [-0.25, -0.2) is 0 Å². The average molecular weight is 407 g/mol. The van der Waals surface area contributed by atoms with Crippen molar-refractivity contribution in [3.8, 4) is 11.8 Å². The van der Waals surface area contributed by atoms with Gasteiger partial charge < -0.3 is 14.4 Å². The highest BCUT2D eigenvalue weighted by Gasteiger charge is 2.34. The number of benzene rings is 3. The van der Waals surface area contributed by atoms with Gasteiger partial charge in [0.1, 0.15) is 11.6 Å². The molecule has 4 rings (SSSR count). The molecule has 3 aromatic rings. The Kier molecular flexibility index (Phi) is 5.39. The smallest absolute Gasteiger partial charge is 0.242 e. The molecule has 5 nitrogen and oxygen atoms in total. The van der Waals surface area contributed by atoms with Crippen molar-refractivity contribution in [3.63, 3.8) is 0 Å². The molecule has 0 fully saturated rings. The second kappa shape index (κ2) is 8.12. The van der Waals surface area contributed by atoms with E-state index in [-0.39, 0.29) is 24.6 Å². The number of nitriles is 1. The molecule has 3 aromatic carbocycles. The van der Waals surface area contributed by atoms with E-state index in [1.54, 1.807) is 18.1 Å². The van der Waals surface area contributed by atoms with Gasteiger partial charge in [0.15, 0.2) is 6.79 Å². The summed E-state index contributed by atoms with van der Waals surface area (Å²) in [6.45, 7) is 0.165. The molecule has 146 valence electrons.